The van der Waals surface area contributed by atoms with Gasteiger partial charge in [0.25, 0.3) is 0 Å². The molecule has 0 saturated carbocycles. The Morgan fingerprint density at radius 1 is 1.19 bits per heavy atom. The van der Waals surface area contributed by atoms with Crippen LogP contribution >= 0.6 is 0 Å². The average molecular weight is 353 g/mol. The largest absolute Gasteiger partial charge is 0.326 e. The number of likely N-dealkylation sites (N-methyl/N-ethyl adjacent to an activating group) is 1. The predicted octanol–water partition coefficient (Wildman–Crippen LogP) is 1.89. The van der Waals surface area contributed by atoms with Gasteiger partial charge >= 0.3 is 0 Å². The first kappa shape index (κ1) is 18.2. The van der Waals surface area contributed by atoms with Crippen molar-refractivity contribution in [3.8, 4) is 0 Å². The third-order valence-corrected chi connectivity index (χ3v) is 4.34. The summed E-state index contributed by atoms with van der Waals surface area (Å²) in [5.41, 5.74) is 1.56. The van der Waals surface area contributed by atoms with Crippen molar-refractivity contribution in [2.24, 2.45) is 4.99 Å². The van der Waals surface area contributed by atoms with E-state index in [4.69, 9.17) is 4.99 Å². The molecule has 7 heteroatoms. The Balaban J connectivity index is 1.93. The van der Waals surface area contributed by atoms with E-state index in [1.807, 2.05) is 38.2 Å². The smallest absolute Gasteiger partial charge is 0.153 e. The lowest BCUT2D eigenvalue weighted by molar-refractivity contribution is 0.324. The van der Waals surface area contributed by atoms with E-state index in [1.54, 1.807) is 0 Å². The van der Waals surface area contributed by atoms with Crippen LogP contribution in [0.2, 0.25) is 0 Å². The highest BCUT2D eigenvalue weighted by Crippen LogP contribution is 2.23. The van der Waals surface area contributed by atoms with Crippen LogP contribution in [0.5, 0.6) is 0 Å². The zero-order valence-electron chi connectivity index (χ0n) is 15.8. The zero-order chi connectivity index (χ0) is 18.6. The first-order valence-corrected chi connectivity index (χ1v) is 8.77. The predicted molar refractivity (Wildman–Crippen MR) is 106 cm³/mol. The minimum absolute atomic E-state index is 0.492. The van der Waals surface area contributed by atoms with Crippen LogP contribution in [0.1, 0.15) is 17.7 Å². The number of nitrogens with one attached hydrogen (secondary N) is 4. The first-order valence-electron chi connectivity index (χ1n) is 8.77. The zero-order valence-corrected chi connectivity index (χ0v) is 15.8. The van der Waals surface area contributed by atoms with Gasteiger partial charge in [-0.05, 0) is 34.1 Å². The number of hydrogen-bond donors (Lipinski definition) is 4. The van der Waals surface area contributed by atoms with Crippen LogP contribution in [0, 0.1) is 6.92 Å². The summed E-state index contributed by atoms with van der Waals surface area (Å²) < 4.78 is 0. The van der Waals surface area contributed by atoms with Crippen LogP contribution in [-0.4, -0.2) is 54.3 Å². The Morgan fingerprint density at radius 2 is 1.96 bits per heavy atom. The maximum Gasteiger partial charge on any atom is 0.153 e. The fraction of sp³-hybridized carbons (Fsp3) is 0.368. The van der Waals surface area contributed by atoms with Gasteiger partial charge in [-0.25, -0.2) is 4.99 Å². The van der Waals surface area contributed by atoms with Crippen molar-refractivity contribution in [1.29, 1.82) is 0 Å². The number of anilines is 1. The number of aliphatic imine (C=N–C) groups is 1. The van der Waals surface area contributed by atoms with Gasteiger partial charge in [0, 0.05) is 30.3 Å². The number of aromatic nitrogens is 2. The summed E-state index contributed by atoms with van der Waals surface area (Å²) in [6, 6.07) is 12.1. The van der Waals surface area contributed by atoms with Gasteiger partial charge in [-0.1, -0.05) is 30.3 Å². The summed E-state index contributed by atoms with van der Waals surface area (Å²) in [7, 11) is 6.09. The number of aromatic amines is 1. The second-order valence-corrected chi connectivity index (χ2v) is 6.80. The third-order valence-electron chi connectivity index (χ3n) is 4.34. The van der Waals surface area contributed by atoms with Gasteiger partial charge in [0.05, 0.1) is 0 Å². The van der Waals surface area contributed by atoms with Crippen molar-refractivity contribution in [1.82, 2.24) is 25.7 Å². The molecule has 1 aromatic carbocycles. The molecule has 138 valence electrons. The summed E-state index contributed by atoms with van der Waals surface area (Å²) in [6.07, 6.45) is 2.94. The Hall–Kier alpha value is -2.64. The summed E-state index contributed by atoms with van der Waals surface area (Å²) in [5.74, 6) is 2.46. The molecule has 3 rings (SSSR count). The van der Waals surface area contributed by atoms with Crippen molar-refractivity contribution in [2.45, 2.75) is 19.0 Å². The molecular formula is C19H27N7. The Kier molecular flexibility index (Phi) is 5.39. The molecule has 0 radical (unpaired) electrons. The molecule has 1 aliphatic heterocycles. The molecule has 1 atom stereocenters. The lowest BCUT2D eigenvalue weighted by Gasteiger charge is -2.33. The summed E-state index contributed by atoms with van der Waals surface area (Å²) in [4.78, 5) is 7.16. The molecule has 2 aromatic rings. The van der Waals surface area contributed by atoms with E-state index >= 15 is 0 Å². The van der Waals surface area contributed by atoms with Gasteiger partial charge in [0.15, 0.2) is 5.82 Å². The maximum atomic E-state index is 4.99. The highest BCUT2D eigenvalue weighted by molar-refractivity contribution is 6.01. The Morgan fingerprint density at radius 3 is 2.58 bits per heavy atom. The summed E-state index contributed by atoms with van der Waals surface area (Å²) in [6.45, 7) is 2.89. The molecule has 4 N–H and O–H groups in total. The van der Waals surface area contributed by atoms with Gasteiger partial charge in [0.1, 0.15) is 17.3 Å². The van der Waals surface area contributed by atoms with Crippen LogP contribution in [0.3, 0.4) is 0 Å². The van der Waals surface area contributed by atoms with Crippen molar-refractivity contribution in [3.63, 3.8) is 0 Å². The summed E-state index contributed by atoms with van der Waals surface area (Å²) >= 11 is 0. The highest BCUT2D eigenvalue weighted by Gasteiger charge is 2.30. The molecule has 1 unspecified atom stereocenters. The molecule has 0 fully saturated rings. The minimum Gasteiger partial charge on any atom is -0.326 e. The standard InChI is InChI=1S/C19H27N7/c1-14-12-16(25-24-14)21-17-13-19(20-2,10-11-26(3)4)23-18(22-17)15-8-6-5-7-9-15/h5-9,12-13,20H,10-11H2,1-4H3,(H,22,23)(H2,21,24,25). The number of benzene rings is 1. The van der Waals surface area contributed by atoms with E-state index in [9.17, 15) is 0 Å². The van der Waals surface area contributed by atoms with Crippen molar-refractivity contribution >= 4 is 11.7 Å². The Bertz CT molecular complexity index is 791. The number of H-pyrrole nitrogens is 1. The second-order valence-electron chi connectivity index (χ2n) is 6.80. The minimum atomic E-state index is -0.492. The number of hydrogen-bond acceptors (Lipinski definition) is 6. The third kappa shape index (κ3) is 4.30. The summed E-state index contributed by atoms with van der Waals surface area (Å²) in [5, 5.41) is 17.4. The molecule has 0 amide bonds. The molecule has 7 nitrogen and oxygen atoms in total. The molecular weight excluding hydrogens is 326 g/mol. The number of rotatable bonds is 7. The molecule has 26 heavy (non-hydrogen) atoms. The van der Waals surface area contributed by atoms with Crippen LogP contribution in [-0.2, 0) is 0 Å². The fourth-order valence-corrected chi connectivity index (χ4v) is 2.86. The van der Waals surface area contributed by atoms with Gasteiger partial charge in [-0.3, -0.25) is 10.4 Å². The number of aryl methyl sites for hydroxylation is 1. The van der Waals surface area contributed by atoms with E-state index in [0.717, 1.165) is 41.7 Å². The highest BCUT2D eigenvalue weighted by atomic mass is 15.3. The quantitative estimate of drug-likeness (QED) is 0.611. The fourth-order valence-electron chi connectivity index (χ4n) is 2.86. The van der Waals surface area contributed by atoms with E-state index in [2.05, 4.69) is 63.4 Å². The second kappa shape index (κ2) is 7.72. The topological polar surface area (TPSA) is 80.4 Å². The normalized spacial score (nSPS) is 19.7. The Labute approximate surface area is 154 Å². The van der Waals surface area contributed by atoms with Crippen molar-refractivity contribution in [2.75, 3.05) is 33.0 Å². The molecule has 0 bridgehead atoms. The first-order chi connectivity index (χ1) is 12.5. The molecule has 0 saturated heterocycles. The molecule has 1 aliphatic rings. The van der Waals surface area contributed by atoms with Gasteiger partial charge < -0.3 is 15.5 Å². The van der Waals surface area contributed by atoms with Crippen LogP contribution in [0.15, 0.2) is 53.3 Å². The molecule has 0 spiro atoms. The van der Waals surface area contributed by atoms with Crippen molar-refractivity contribution < 1.29 is 0 Å². The number of nitrogens with zero attached hydrogens (tertiary/aromatic N) is 3. The maximum absolute atomic E-state index is 4.99. The molecule has 0 aliphatic carbocycles. The van der Waals surface area contributed by atoms with Crippen LogP contribution in [0.25, 0.3) is 0 Å². The van der Waals surface area contributed by atoms with Gasteiger partial charge in [-0.15, -0.1) is 0 Å². The monoisotopic (exact) mass is 353 g/mol. The SMILES string of the molecule is CNC1(CCN(C)C)C=C(Nc2cc(C)[nH]n2)NC(c2ccccc2)=N1. The van der Waals surface area contributed by atoms with E-state index in [1.165, 1.54) is 0 Å². The molecule has 1 aromatic heterocycles. The average Bonchev–Trinajstić information content (AvgIpc) is 3.05. The van der Waals surface area contributed by atoms with Gasteiger partial charge in [0.2, 0.25) is 0 Å². The van der Waals surface area contributed by atoms with E-state index in [-0.39, 0.29) is 0 Å². The molecule has 2 heterocycles. The van der Waals surface area contributed by atoms with Crippen LogP contribution < -0.4 is 16.0 Å². The lowest BCUT2D eigenvalue weighted by Crippen LogP contribution is -2.48. The van der Waals surface area contributed by atoms with Crippen LogP contribution in [0.4, 0.5) is 5.82 Å². The number of amidine groups is 1. The van der Waals surface area contributed by atoms with Crippen molar-refractivity contribution in [3.05, 3.63) is 59.6 Å². The lowest BCUT2D eigenvalue weighted by atomic mass is 10.0. The van der Waals surface area contributed by atoms with Gasteiger partial charge in [-0.2, -0.15) is 5.10 Å². The van der Waals surface area contributed by atoms with E-state index < -0.39 is 5.66 Å². The van der Waals surface area contributed by atoms with E-state index in [0.29, 0.717) is 0 Å².